The summed E-state index contributed by atoms with van der Waals surface area (Å²) in [6.07, 6.45) is 1.63. The lowest BCUT2D eigenvalue weighted by Crippen LogP contribution is -2.12. The Morgan fingerprint density at radius 3 is 2.64 bits per heavy atom. The molecule has 0 saturated heterocycles. The van der Waals surface area contributed by atoms with Crippen molar-refractivity contribution >= 4 is 38.8 Å². The average Bonchev–Trinajstić information content (AvgIpc) is 2.88. The molecule has 112 valence electrons. The van der Waals surface area contributed by atoms with Gasteiger partial charge in [0.15, 0.2) is 0 Å². The van der Waals surface area contributed by atoms with Crippen molar-refractivity contribution in [1.29, 1.82) is 0 Å². The summed E-state index contributed by atoms with van der Waals surface area (Å²) in [6.45, 7) is 2.03. The highest BCUT2D eigenvalue weighted by atomic mass is 32.1. The van der Waals surface area contributed by atoms with E-state index in [9.17, 15) is 4.79 Å². The number of hydrogen-bond donors (Lipinski definition) is 1. The van der Waals surface area contributed by atoms with Gasteiger partial charge >= 0.3 is 0 Å². The molecule has 2 aromatic heterocycles. The smallest absolute Gasteiger partial charge is 0.257 e. The highest BCUT2D eigenvalue weighted by molar-refractivity contribution is 7.17. The number of hydrogen-bond acceptors (Lipinski definition) is 4. The van der Waals surface area contributed by atoms with Crippen molar-refractivity contribution in [2.24, 2.45) is 0 Å². The lowest BCUT2D eigenvalue weighted by atomic mass is 10.2. The Kier molecular flexibility index (Phi) is 3.81. The minimum absolute atomic E-state index is 0.141. The van der Waals surface area contributed by atoms with Crippen molar-refractivity contribution in [1.82, 2.24) is 4.98 Å². The van der Waals surface area contributed by atoms with Crippen LogP contribution in [0.3, 0.4) is 0 Å². The van der Waals surface area contributed by atoms with E-state index in [1.807, 2.05) is 56.3 Å². The number of anilines is 2. The van der Waals surface area contributed by atoms with Gasteiger partial charge in [0.1, 0.15) is 0 Å². The number of rotatable bonds is 3. The predicted octanol–water partition coefficient (Wildman–Crippen LogP) is 3.92. The van der Waals surface area contributed by atoms with E-state index in [2.05, 4.69) is 15.7 Å². The predicted molar refractivity (Wildman–Crippen MR) is 93.1 cm³/mol. The van der Waals surface area contributed by atoms with Gasteiger partial charge in [-0.15, -0.1) is 11.3 Å². The van der Waals surface area contributed by atoms with Crippen molar-refractivity contribution in [3.8, 4) is 0 Å². The third-order valence-electron chi connectivity index (χ3n) is 3.49. The summed E-state index contributed by atoms with van der Waals surface area (Å²) in [5.41, 5.74) is 4.56. The summed E-state index contributed by atoms with van der Waals surface area (Å²) >= 11 is 1.61. The van der Waals surface area contributed by atoms with Crippen LogP contribution in [0.2, 0.25) is 0 Å². The first-order chi connectivity index (χ1) is 10.5. The maximum atomic E-state index is 12.3. The number of amides is 1. The zero-order chi connectivity index (χ0) is 15.7. The number of aryl methyl sites for hydroxylation is 1. The number of benzene rings is 1. The monoisotopic (exact) mass is 311 g/mol. The first kappa shape index (κ1) is 14.5. The van der Waals surface area contributed by atoms with Crippen LogP contribution in [-0.2, 0) is 0 Å². The molecule has 0 aliphatic heterocycles. The van der Waals surface area contributed by atoms with Crippen LogP contribution in [0.15, 0.2) is 41.9 Å². The second-order valence-electron chi connectivity index (χ2n) is 5.38. The van der Waals surface area contributed by atoms with Gasteiger partial charge in [0.05, 0.1) is 15.8 Å². The first-order valence-electron chi connectivity index (χ1n) is 6.97. The first-order valence-corrected chi connectivity index (χ1v) is 7.85. The van der Waals surface area contributed by atoms with E-state index >= 15 is 0 Å². The van der Waals surface area contributed by atoms with Gasteiger partial charge in [0, 0.05) is 31.7 Å². The van der Waals surface area contributed by atoms with Gasteiger partial charge in [-0.1, -0.05) is 0 Å². The third-order valence-corrected chi connectivity index (χ3v) is 4.53. The van der Waals surface area contributed by atoms with E-state index in [-0.39, 0.29) is 5.91 Å². The molecule has 4 nitrogen and oxygen atoms in total. The van der Waals surface area contributed by atoms with Crippen molar-refractivity contribution in [3.63, 3.8) is 0 Å². The fourth-order valence-corrected chi connectivity index (χ4v) is 3.14. The number of aromatic nitrogens is 1. The Hall–Kier alpha value is -2.40. The molecular formula is C17H17N3OS. The van der Waals surface area contributed by atoms with Gasteiger partial charge in [0.25, 0.3) is 5.91 Å². The van der Waals surface area contributed by atoms with E-state index in [0.717, 1.165) is 27.2 Å². The summed E-state index contributed by atoms with van der Waals surface area (Å²) in [7, 11) is 3.97. The molecule has 5 heteroatoms. The molecule has 0 aliphatic carbocycles. The molecule has 0 unspecified atom stereocenters. The molecule has 3 rings (SSSR count). The highest BCUT2D eigenvalue weighted by Gasteiger charge is 2.10. The number of pyridine rings is 1. The summed E-state index contributed by atoms with van der Waals surface area (Å²) < 4.78 is 1.04. The number of fused-ring (bicyclic) bond motifs is 1. The van der Waals surface area contributed by atoms with Crippen molar-refractivity contribution < 1.29 is 4.79 Å². The maximum absolute atomic E-state index is 12.3. The lowest BCUT2D eigenvalue weighted by molar-refractivity contribution is 0.102. The highest BCUT2D eigenvalue weighted by Crippen LogP contribution is 2.24. The van der Waals surface area contributed by atoms with Gasteiger partial charge in [-0.3, -0.25) is 9.78 Å². The Morgan fingerprint density at radius 2 is 1.95 bits per heavy atom. The number of carbonyl (C=O) groups excluding carboxylic acids is 1. The van der Waals surface area contributed by atoms with Gasteiger partial charge in [0.2, 0.25) is 0 Å². The lowest BCUT2D eigenvalue weighted by Gasteiger charge is -2.13. The third kappa shape index (κ3) is 2.80. The Labute approximate surface area is 133 Å². The van der Waals surface area contributed by atoms with E-state index in [1.165, 1.54) is 0 Å². The molecule has 1 amide bonds. The summed E-state index contributed by atoms with van der Waals surface area (Å²) in [6, 6.07) is 9.63. The molecule has 0 bridgehead atoms. The van der Waals surface area contributed by atoms with E-state index in [0.29, 0.717) is 5.56 Å². The van der Waals surface area contributed by atoms with E-state index in [1.54, 1.807) is 17.5 Å². The topological polar surface area (TPSA) is 45.2 Å². The molecule has 1 N–H and O–H groups in total. The van der Waals surface area contributed by atoms with Crippen LogP contribution in [-0.4, -0.2) is 25.0 Å². The van der Waals surface area contributed by atoms with Crippen LogP contribution >= 0.6 is 11.3 Å². The van der Waals surface area contributed by atoms with Crippen LogP contribution in [0.1, 0.15) is 15.9 Å². The second-order valence-corrected chi connectivity index (χ2v) is 6.30. The van der Waals surface area contributed by atoms with Crippen molar-refractivity contribution in [3.05, 3.63) is 53.0 Å². The summed E-state index contributed by atoms with van der Waals surface area (Å²) in [5, 5.41) is 4.96. The number of carbonyl (C=O) groups is 1. The molecule has 0 saturated carbocycles. The average molecular weight is 311 g/mol. The Balaban J connectivity index is 1.80. The SMILES string of the molecule is Cc1csc2cc(C(=O)Nc3ccc(N(C)C)cc3)cnc12. The Morgan fingerprint density at radius 1 is 1.23 bits per heavy atom. The molecule has 0 radical (unpaired) electrons. The standard InChI is InChI=1S/C17H17N3OS/c1-11-10-22-15-8-12(9-18-16(11)15)17(21)19-13-4-6-14(7-5-13)20(2)3/h4-10H,1-3H3,(H,19,21). The minimum Gasteiger partial charge on any atom is -0.378 e. The van der Waals surface area contributed by atoms with Crippen molar-refractivity contribution in [2.45, 2.75) is 6.92 Å². The van der Waals surface area contributed by atoms with Gasteiger partial charge < -0.3 is 10.2 Å². The van der Waals surface area contributed by atoms with Gasteiger partial charge in [-0.2, -0.15) is 0 Å². The molecule has 3 aromatic rings. The molecule has 1 aromatic carbocycles. The fraction of sp³-hybridized carbons (Fsp3) is 0.176. The molecule has 0 fully saturated rings. The van der Waals surface area contributed by atoms with Gasteiger partial charge in [-0.05, 0) is 48.2 Å². The number of nitrogens with one attached hydrogen (secondary N) is 1. The summed E-state index contributed by atoms with van der Waals surface area (Å²) in [4.78, 5) is 18.7. The number of nitrogens with zero attached hydrogens (tertiary/aromatic N) is 2. The minimum atomic E-state index is -0.141. The molecule has 0 aliphatic rings. The molecule has 0 atom stereocenters. The fourth-order valence-electron chi connectivity index (χ4n) is 2.21. The van der Waals surface area contributed by atoms with Crippen LogP contribution in [0.5, 0.6) is 0 Å². The van der Waals surface area contributed by atoms with Gasteiger partial charge in [-0.25, -0.2) is 0 Å². The largest absolute Gasteiger partial charge is 0.378 e. The van der Waals surface area contributed by atoms with Crippen LogP contribution in [0.4, 0.5) is 11.4 Å². The maximum Gasteiger partial charge on any atom is 0.257 e. The van der Waals surface area contributed by atoms with Crippen LogP contribution in [0, 0.1) is 6.92 Å². The van der Waals surface area contributed by atoms with Crippen LogP contribution in [0.25, 0.3) is 10.2 Å². The normalized spacial score (nSPS) is 10.7. The van der Waals surface area contributed by atoms with Crippen molar-refractivity contribution in [2.75, 3.05) is 24.3 Å². The van der Waals surface area contributed by atoms with E-state index in [4.69, 9.17) is 0 Å². The van der Waals surface area contributed by atoms with E-state index < -0.39 is 0 Å². The van der Waals surface area contributed by atoms with Crippen LogP contribution < -0.4 is 10.2 Å². The molecule has 22 heavy (non-hydrogen) atoms. The zero-order valence-corrected chi connectivity index (χ0v) is 13.6. The quantitative estimate of drug-likeness (QED) is 0.797. The number of thiophene rings is 1. The molecule has 2 heterocycles. The zero-order valence-electron chi connectivity index (χ0n) is 12.8. The Bertz CT molecular complexity index is 822. The summed E-state index contributed by atoms with van der Waals surface area (Å²) in [5.74, 6) is -0.141. The molecule has 0 spiro atoms. The second kappa shape index (κ2) is 5.77. The molecular weight excluding hydrogens is 294 g/mol.